The summed E-state index contributed by atoms with van der Waals surface area (Å²) < 4.78 is 0. The van der Waals surface area contributed by atoms with E-state index in [1.54, 1.807) is 11.1 Å². The third-order valence-electron chi connectivity index (χ3n) is 6.15. The average Bonchev–Trinajstić information content (AvgIpc) is 3.02. The maximum atomic E-state index is 9.03. The zero-order valence-electron chi connectivity index (χ0n) is 19.6. The fourth-order valence-corrected chi connectivity index (χ4v) is 4.25. The van der Waals surface area contributed by atoms with Crippen molar-refractivity contribution in [2.75, 3.05) is 16.8 Å². The summed E-state index contributed by atoms with van der Waals surface area (Å²) >= 11 is 0. The van der Waals surface area contributed by atoms with E-state index in [1.807, 2.05) is 73.1 Å². The van der Waals surface area contributed by atoms with Crippen molar-refractivity contribution < 1.29 is 0 Å². The molecule has 0 unspecified atom stereocenters. The van der Waals surface area contributed by atoms with E-state index in [1.165, 1.54) is 11.1 Å². The predicted octanol–water partition coefficient (Wildman–Crippen LogP) is 5.41. The van der Waals surface area contributed by atoms with Crippen LogP contribution in [0.4, 0.5) is 17.2 Å². The summed E-state index contributed by atoms with van der Waals surface area (Å²) in [5.74, 6) is 1.10. The molecule has 7 heteroatoms. The molecule has 2 aromatic carbocycles. The minimum Gasteiger partial charge on any atom is -0.338 e. The van der Waals surface area contributed by atoms with Crippen LogP contribution >= 0.6 is 0 Å². The van der Waals surface area contributed by atoms with E-state index >= 15 is 0 Å². The molecule has 5 rings (SSSR count). The first-order valence-corrected chi connectivity index (χ1v) is 11.6. The number of fused-ring (bicyclic) bond motifs is 2. The number of hydrogen-bond acceptors (Lipinski definition) is 6. The van der Waals surface area contributed by atoms with E-state index in [4.69, 9.17) is 10.8 Å². The van der Waals surface area contributed by atoms with Crippen molar-refractivity contribution in [2.45, 2.75) is 20.0 Å². The minimum absolute atomic E-state index is 0.235. The fraction of sp³-hybridized carbons (Fsp3) is 0.143. The zero-order chi connectivity index (χ0) is 24.2. The zero-order valence-corrected chi connectivity index (χ0v) is 19.6. The fourth-order valence-electron chi connectivity index (χ4n) is 4.25. The summed E-state index contributed by atoms with van der Waals surface area (Å²) in [4.78, 5) is 12.6. The molecule has 0 bridgehead atoms. The molecule has 4 aromatic rings. The van der Waals surface area contributed by atoms with Crippen LogP contribution in [0.2, 0.25) is 0 Å². The van der Waals surface area contributed by atoms with E-state index in [0.29, 0.717) is 11.5 Å². The molecule has 3 heterocycles. The van der Waals surface area contributed by atoms with Gasteiger partial charge in [0.05, 0.1) is 11.4 Å². The van der Waals surface area contributed by atoms with Crippen LogP contribution in [0.15, 0.2) is 91.4 Å². The Morgan fingerprint density at radius 3 is 2.34 bits per heavy atom. The molecule has 3 N–H and O–H groups in total. The van der Waals surface area contributed by atoms with Gasteiger partial charge in [0.1, 0.15) is 11.7 Å². The van der Waals surface area contributed by atoms with Crippen LogP contribution in [-0.2, 0) is 13.1 Å². The SMILES string of the molecule is CCN(Cc1ccncc1)Cc1ccc(C(=N)N2C(=N)c3ccccc3Nc3ncccc32)cc1. The molecule has 7 nitrogen and oxygen atoms in total. The highest BCUT2D eigenvalue weighted by Crippen LogP contribution is 2.34. The van der Waals surface area contributed by atoms with Gasteiger partial charge in [0.15, 0.2) is 5.82 Å². The van der Waals surface area contributed by atoms with Gasteiger partial charge in [-0.2, -0.15) is 0 Å². The lowest BCUT2D eigenvalue weighted by Crippen LogP contribution is -2.36. The first-order chi connectivity index (χ1) is 17.1. The number of rotatable bonds is 6. The summed E-state index contributed by atoms with van der Waals surface area (Å²) in [5, 5.41) is 21.3. The Morgan fingerprint density at radius 2 is 1.60 bits per heavy atom. The van der Waals surface area contributed by atoms with Gasteiger partial charge in [-0.3, -0.25) is 25.6 Å². The second-order valence-electron chi connectivity index (χ2n) is 8.43. The van der Waals surface area contributed by atoms with Crippen molar-refractivity contribution in [3.05, 3.63) is 114 Å². The molecule has 0 fully saturated rings. The van der Waals surface area contributed by atoms with Gasteiger partial charge in [-0.25, -0.2) is 4.98 Å². The lowest BCUT2D eigenvalue weighted by Gasteiger charge is -2.25. The molecule has 0 saturated heterocycles. The number of para-hydroxylation sites is 1. The molecule has 2 aromatic heterocycles. The molecule has 0 aliphatic carbocycles. The molecule has 0 spiro atoms. The number of benzene rings is 2. The lowest BCUT2D eigenvalue weighted by molar-refractivity contribution is 0.271. The van der Waals surface area contributed by atoms with Crippen molar-refractivity contribution in [3.63, 3.8) is 0 Å². The van der Waals surface area contributed by atoms with Crippen molar-refractivity contribution in [2.24, 2.45) is 0 Å². The van der Waals surface area contributed by atoms with Crippen LogP contribution in [0.1, 0.15) is 29.2 Å². The number of nitrogens with zero attached hydrogens (tertiary/aromatic N) is 4. The number of amidine groups is 2. The Bertz CT molecular complexity index is 1350. The van der Waals surface area contributed by atoms with E-state index < -0.39 is 0 Å². The van der Waals surface area contributed by atoms with Gasteiger partial charge >= 0.3 is 0 Å². The van der Waals surface area contributed by atoms with Gasteiger partial charge in [0.25, 0.3) is 0 Å². The van der Waals surface area contributed by atoms with Crippen LogP contribution in [-0.4, -0.2) is 33.1 Å². The van der Waals surface area contributed by atoms with Crippen molar-refractivity contribution in [1.29, 1.82) is 10.8 Å². The topological polar surface area (TPSA) is 92.0 Å². The molecular weight excluding hydrogens is 434 g/mol. The van der Waals surface area contributed by atoms with Crippen LogP contribution in [0.25, 0.3) is 0 Å². The molecule has 0 saturated carbocycles. The number of aromatic nitrogens is 2. The average molecular weight is 462 g/mol. The third kappa shape index (κ3) is 4.67. The summed E-state index contributed by atoms with van der Waals surface area (Å²) in [6.45, 7) is 4.77. The van der Waals surface area contributed by atoms with Crippen molar-refractivity contribution in [1.82, 2.24) is 14.9 Å². The maximum Gasteiger partial charge on any atom is 0.154 e. The van der Waals surface area contributed by atoms with Crippen molar-refractivity contribution in [3.8, 4) is 0 Å². The van der Waals surface area contributed by atoms with Gasteiger partial charge in [-0.15, -0.1) is 0 Å². The van der Waals surface area contributed by atoms with Crippen LogP contribution in [0.3, 0.4) is 0 Å². The number of nitrogens with one attached hydrogen (secondary N) is 3. The molecule has 0 atom stereocenters. The van der Waals surface area contributed by atoms with Crippen LogP contribution in [0, 0.1) is 10.8 Å². The van der Waals surface area contributed by atoms with Crippen LogP contribution < -0.4 is 10.2 Å². The first-order valence-electron chi connectivity index (χ1n) is 11.6. The molecule has 1 aliphatic rings. The predicted molar refractivity (Wildman–Crippen MR) is 141 cm³/mol. The molecule has 1 aliphatic heterocycles. The Hall–Kier alpha value is -4.36. The summed E-state index contributed by atoms with van der Waals surface area (Å²) in [7, 11) is 0. The van der Waals surface area contributed by atoms with E-state index in [-0.39, 0.29) is 11.7 Å². The van der Waals surface area contributed by atoms with E-state index in [2.05, 4.69) is 39.2 Å². The molecule has 0 amide bonds. The Morgan fingerprint density at radius 1 is 0.886 bits per heavy atom. The standard InChI is InChI=1S/C28H27N7/c1-2-34(19-21-13-16-31-17-14-21)18-20-9-11-22(12-10-20)26(29)35-25-8-5-15-32-28(25)33-24-7-4-3-6-23(24)27(35)30/h3-17,29-30H,2,18-19H2,1H3,(H,32,33). The first kappa shape index (κ1) is 22.4. The Kier molecular flexibility index (Phi) is 6.32. The largest absolute Gasteiger partial charge is 0.338 e. The monoisotopic (exact) mass is 461 g/mol. The second kappa shape index (κ2) is 9.87. The van der Waals surface area contributed by atoms with Gasteiger partial charge in [-0.1, -0.05) is 43.3 Å². The second-order valence-corrected chi connectivity index (χ2v) is 8.43. The molecular formula is C28H27N7. The Balaban J connectivity index is 1.39. The van der Waals surface area contributed by atoms with Gasteiger partial charge in [0.2, 0.25) is 0 Å². The molecule has 35 heavy (non-hydrogen) atoms. The minimum atomic E-state index is 0.235. The number of hydrogen-bond donors (Lipinski definition) is 3. The smallest absolute Gasteiger partial charge is 0.154 e. The number of anilines is 3. The quantitative estimate of drug-likeness (QED) is 0.264. The summed E-state index contributed by atoms with van der Waals surface area (Å²) in [6, 6.07) is 23.5. The summed E-state index contributed by atoms with van der Waals surface area (Å²) in [6.07, 6.45) is 5.36. The number of pyridine rings is 2. The third-order valence-corrected chi connectivity index (χ3v) is 6.15. The molecule has 174 valence electrons. The molecule has 0 radical (unpaired) electrons. The highest BCUT2D eigenvalue weighted by molar-refractivity contribution is 6.30. The van der Waals surface area contributed by atoms with Gasteiger partial charge in [-0.05, 0) is 54.1 Å². The van der Waals surface area contributed by atoms with Crippen LogP contribution in [0.5, 0.6) is 0 Å². The lowest BCUT2D eigenvalue weighted by atomic mass is 10.1. The Labute approximate surface area is 205 Å². The maximum absolute atomic E-state index is 9.03. The van der Waals surface area contributed by atoms with Gasteiger partial charge < -0.3 is 5.32 Å². The van der Waals surface area contributed by atoms with Gasteiger partial charge in [0, 0.05) is 42.8 Å². The summed E-state index contributed by atoms with van der Waals surface area (Å²) in [5.41, 5.74) is 5.36. The highest BCUT2D eigenvalue weighted by Gasteiger charge is 2.28. The highest BCUT2D eigenvalue weighted by atomic mass is 15.2. The van der Waals surface area contributed by atoms with E-state index in [9.17, 15) is 0 Å². The normalized spacial score (nSPS) is 12.5. The van der Waals surface area contributed by atoms with E-state index in [0.717, 1.165) is 36.4 Å². The van der Waals surface area contributed by atoms with Crippen molar-refractivity contribution >= 4 is 28.9 Å².